The molecule has 166 valence electrons. The lowest BCUT2D eigenvalue weighted by atomic mass is 9.93. The summed E-state index contributed by atoms with van der Waals surface area (Å²) in [6, 6.07) is 13.2. The molecule has 1 N–H and O–H groups in total. The van der Waals surface area contributed by atoms with Crippen LogP contribution in [0.25, 0.3) is 10.9 Å². The van der Waals surface area contributed by atoms with Gasteiger partial charge in [-0.05, 0) is 55.4 Å². The van der Waals surface area contributed by atoms with Crippen molar-refractivity contribution < 1.29 is 9.90 Å². The molecular weight excluding hydrogens is 398 g/mol. The SMILES string of the molecule is CCCCCCC1CCCc2c(n(Cc3cccc(C#N)n3)c3c(C(=O)O)cccc23)C1. The first-order valence-electron chi connectivity index (χ1n) is 11.8. The summed E-state index contributed by atoms with van der Waals surface area (Å²) in [7, 11) is 0. The highest BCUT2D eigenvalue weighted by atomic mass is 16.4. The van der Waals surface area contributed by atoms with Crippen LogP contribution in [0.1, 0.15) is 84.9 Å². The Morgan fingerprint density at radius 1 is 1.22 bits per heavy atom. The smallest absolute Gasteiger partial charge is 0.337 e. The van der Waals surface area contributed by atoms with Crippen molar-refractivity contribution in [3.63, 3.8) is 0 Å². The summed E-state index contributed by atoms with van der Waals surface area (Å²) in [5, 5.41) is 20.2. The van der Waals surface area contributed by atoms with Crippen LogP contribution < -0.4 is 0 Å². The topological polar surface area (TPSA) is 78.9 Å². The number of carboxylic acid groups (broad SMARTS) is 1. The Morgan fingerprint density at radius 3 is 2.84 bits per heavy atom. The van der Waals surface area contributed by atoms with Gasteiger partial charge in [0.05, 0.1) is 23.3 Å². The van der Waals surface area contributed by atoms with Gasteiger partial charge >= 0.3 is 5.97 Å². The van der Waals surface area contributed by atoms with Crippen LogP contribution in [0.2, 0.25) is 0 Å². The molecule has 0 amide bonds. The summed E-state index contributed by atoms with van der Waals surface area (Å²) in [6.45, 7) is 2.72. The van der Waals surface area contributed by atoms with Gasteiger partial charge in [-0.3, -0.25) is 0 Å². The highest BCUT2D eigenvalue weighted by molar-refractivity contribution is 6.04. The largest absolute Gasteiger partial charge is 0.478 e. The number of aryl methyl sites for hydroxylation is 1. The first-order chi connectivity index (χ1) is 15.6. The molecule has 0 spiro atoms. The summed E-state index contributed by atoms with van der Waals surface area (Å²) in [4.78, 5) is 16.6. The standard InChI is InChI=1S/C27H31N3O2/c1-2-3-4-5-9-19-10-6-13-22-23-14-8-15-24(27(31)32)26(23)30(25(22)16-19)18-21-12-7-11-20(17-28)29-21/h7-8,11-12,14-15,19H,2-6,9-10,13,16,18H2,1H3,(H,31,32). The summed E-state index contributed by atoms with van der Waals surface area (Å²) in [5.74, 6) is -0.276. The van der Waals surface area contributed by atoms with Gasteiger partial charge in [0.25, 0.3) is 0 Å². The normalized spacial score (nSPS) is 15.8. The van der Waals surface area contributed by atoms with E-state index in [0.29, 0.717) is 23.7 Å². The molecule has 5 heteroatoms. The number of hydrogen-bond donors (Lipinski definition) is 1. The number of rotatable bonds is 8. The van der Waals surface area contributed by atoms with Crippen LogP contribution in [0.15, 0.2) is 36.4 Å². The lowest BCUT2D eigenvalue weighted by molar-refractivity contribution is 0.0698. The minimum atomic E-state index is -0.903. The molecule has 0 aliphatic heterocycles. The first kappa shape index (κ1) is 22.1. The molecule has 0 saturated heterocycles. The van der Waals surface area contributed by atoms with Gasteiger partial charge in [-0.1, -0.05) is 57.2 Å². The molecule has 4 rings (SSSR count). The molecule has 5 nitrogen and oxygen atoms in total. The van der Waals surface area contributed by atoms with E-state index in [9.17, 15) is 15.2 Å². The van der Waals surface area contributed by atoms with E-state index in [4.69, 9.17) is 0 Å². The predicted octanol–water partition coefficient (Wildman–Crippen LogP) is 6.12. The van der Waals surface area contributed by atoms with E-state index in [1.54, 1.807) is 12.1 Å². The van der Waals surface area contributed by atoms with Crippen LogP contribution in [0.3, 0.4) is 0 Å². The fourth-order valence-electron chi connectivity index (χ4n) is 5.23. The highest BCUT2D eigenvalue weighted by Crippen LogP contribution is 2.36. The summed E-state index contributed by atoms with van der Waals surface area (Å²) < 4.78 is 2.18. The van der Waals surface area contributed by atoms with Crippen LogP contribution in [-0.4, -0.2) is 20.6 Å². The van der Waals surface area contributed by atoms with Gasteiger partial charge in [-0.15, -0.1) is 0 Å². The van der Waals surface area contributed by atoms with Crippen molar-refractivity contribution in [2.75, 3.05) is 0 Å². The fourth-order valence-corrected chi connectivity index (χ4v) is 5.23. The number of para-hydroxylation sites is 1. The molecule has 2 aromatic heterocycles. The quantitative estimate of drug-likeness (QED) is 0.345. The molecule has 0 fully saturated rings. The monoisotopic (exact) mass is 429 g/mol. The Morgan fingerprint density at radius 2 is 2.06 bits per heavy atom. The molecule has 1 aromatic carbocycles. The molecule has 0 saturated carbocycles. The summed E-state index contributed by atoms with van der Waals surface area (Å²) in [5.41, 5.74) is 4.86. The van der Waals surface area contributed by atoms with Crippen molar-refractivity contribution in [1.29, 1.82) is 5.26 Å². The third-order valence-electron chi connectivity index (χ3n) is 6.76. The number of nitriles is 1. The first-order valence-corrected chi connectivity index (χ1v) is 11.8. The Balaban J connectivity index is 1.78. The van der Waals surface area contributed by atoms with Crippen molar-refractivity contribution in [3.05, 3.63) is 64.6 Å². The second kappa shape index (κ2) is 9.99. The molecule has 0 bridgehead atoms. The van der Waals surface area contributed by atoms with E-state index in [2.05, 4.69) is 28.6 Å². The zero-order chi connectivity index (χ0) is 22.5. The average Bonchev–Trinajstić information content (AvgIpc) is 2.95. The van der Waals surface area contributed by atoms with Crippen molar-refractivity contribution in [3.8, 4) is 6.07 Å². The predicted molar refractivity (Wildman–Crippen MR) is 126 cm³/mol. The fraction of sp³-hybridized carbons (Fsp3) is 0.444. The summed E-state index contributed by atoms with van der Waals surface area (Å²) in [6.07, 6.45) is 10.7. The Kier molecular flexibility index (Phi) is 6.90. The molecule has 1 unspecified atom stereocenters. The maximum atomic E-state index is 12.1. The lowest BCUT2D eigenvalue weighted by Gasteiger charge is -2.17. The number of carbonyl (C=O) groups is 1. The number of nitrogens with zero attached hydrogens (tertiary/aromatic N) is 3. The van der Waals surface area contributed by atoms with Gasteiger partial charge in [0.15, 0.2) is 0 Å². The van der Waals surface area contributed by atoms with Gasteiger partial charge in [-0.2, -0.15) is 5.26 Å². The van der Waals surface area contributed by atoms with Gasteiger partial charge in [0, 0.05) is 11.1 Å². The molecule has 1 aliphatic rings. The van der Waals surface area contributed by atoms with E-state index >= 15 is 0 Å². The van der Waals surface area contributed by atoms with Crippen molar-refractivity contribution in [2.24, 2.45) is 5.92 Å². The Hall–Kier alpha value is -3.13. The van der Waals surface area contributed by atoms with Crippen LogP contribution in [0.5, 0.6) is 0 Å². The van der Waals surface area contributed by atoms with Gasteiger partial charge in [0.2, 0.25) is 0 Å². The number of benzene rings is 1. The minimum Gasteiger partial charge on any atom is -0.478 e. The van der Waals surface area contributed by atoms with E-state index in [1.165, 1.54) is 49.8 Å². The van der Waals surface area contributed by atoms with Crippen molar-refractivity contribution >= 4 is 16.9 Å². The maximum absolute atomic E-state index is 12.1. The van der Waals surface area contributed by atoms with Crippen LogP contribution in [-0.2, 0) is 19.4 Å². The van der Waals surface area contributed by atoms with Gasteiger partial charge in [0.1, 0.15) is 11.8 Å². The third kappa shape index (κ3) is 4.55. The van der Waals surface area contributed by atoms with Gasteiger partial charge < -0.3 is 9.67 Å². The minimum absolute atomic E-state index is 0.339. The van der Waals surface area contributed by atoms with E-state index in [1.807, 2.05) is 18.2 Å². The zero-order valence-corrected chi connectivity index (χ0v) is 18.8. The number of carboxylic acids is 1. The molecule has 0 radical (unpaired) electrons. The maximum Gasteiger partial charge on any atom is 0.337 e. The van der Waals surface area contributed by atoms with Crippen molar-refractivity contribution in [1.82, 2.24) is 9.55 Å². The average molecular weight is 430 g/mol. The number of aromatic carboxylic acids is 1. The Labute approximate surface area is 189 Å². The van der Waals surface area contributed by atoms with E-state index in [0.717, 1.165) is 35.9 Å². The number of hydrogen-bond acceptors (Lipinski definition) is 3. The van der Waals surface area contributed by atoms with Crippen molar-refractivity contribution in [2.45, 2.75) is 71.3 Å². The lowest BCUT2D eigenvalue weighted by Crippen LogP contribution is -2.12. The molecular formula is C27H31N3O2. The molecule has 2 heterocycles. The zero-order valence-electron chi connectivity index (χ0n) is 18.8. The number of pyridine rings is 1. The van der Waals surface area contributed by atoms with Gasteiger partial charge in [-0.25, -0.2) is 9.78 Å². The number of aromatic nitrogens is 2. The summed E-state index contributed by atoms with van der Waals surface area (Å²) >= 11 is 0. The molecule has 3 aromatic rings. The molecule has 1 aliphatic carbocycles. The number of fused-ring (bicyclic) bond motifs is 3. The van der Waals surface area contributed by atoms with Crippen LogP contribution in [0, 0.1) is 17.2 Å². The third-order valence-corrected chi connectivity index (χ3v) is 6.76. The highest BCUT2D eigenvalue weighted by Gasteiger charge is 2.26. The second-order valence-corrected chi connectivity index (χ2v) is 8.96. The van der Waals surface area contributed by atoms with E-state index < -0.39 is 5.97 Å². The van der Waals surface area contributed by atoms with Crippen LogP contribution in [0.4, 0.5) is 0 Å². The number of unbranched alkanes of at least 4 members (excludes halogenated alkanes) is 3. The van der Waals surface area contributed by atoms with E-state index in [-0.39, 0.29) is 0 Å². The van der Waals surface area contributed by atoms with Crippen LogP contribution >= 0.6 is 0 Å². The molecule has 1 atom stereocenters. The molecule has 32 heavy (non-hydrogen) atoms. The second-order valence-electron chi connectivity index (χ2n) is 8.96. The Bertz CT molecular complexity index is 1160.